The highest BCUT2D eigenvalue weighted by molar-refractivity contribution is 6.11. The van der Waals surface area contributed by atoms with Crippen molar-refractivity contribution >= 4 is 34.3 Å². The Balaban J connectivity index is 1.15. The molecule has 72 heavy (non-hydrogen) atoms. The molecule has 10 nitrogen and oxygen atoms in total. The van der Waals surface area contributed by atoms with Gasteiger partial charge in [-0.2, -0.15) is 0 Å². The maximum atomic E-state index is 14.5. The van der Waals surface area contributed by atoms with Crippen molar-refractivity contribution in [1.29, 1.82) is 0 Å². The predicted octanol–water partition coefficient (Wildman–Crippen LogP) is 12.6. The molecule has 0 fully saturated rings. The molecule has 0 saturated heterocycles. The van der Waals surface area contributed by atoms with Gasteiger partial charge in [-0.05, 0) is 58.4 Å². The van der Waals surface area contributed by atoms with E-state index in [0.29, 0.717) is 0 Å². The second kappa shape index (κ2) is 21.7. The number of allylic oxidation sites excluding steroid dienone is 6. The Labute approximate surface area is 416 Å². The first kappa shape index (κ1) is 47.3. The summed E-state index contributed by atoms with van der Waals surface area (Å²) in [5, 5.41) is 0. The first-order valence-electron chi connectivity index (χ1n) is 23.1. The summed E-state index contributed by atoms with van der Waals surface area (Å²) in [7, 11) is 0. The summed E-state index contributed by atoms with van der Waals surface area (Å²) in [5.41, 5.74) is 8.40. The molecule has 0 N–H and O–H groups in total. The normalized spacial score (nSPS) is 11.6. The molecule has 0 aliphatic carbocycles. The third-order valence-electron chi connectivity index (χ3n) is 11.8. The summed E-state index contributed by atoms with van der Waals surface area (Å²) in [6, 6.07) is 57.1. The monoisotopic (exact) mass is 936 g/mol. The van der Waals surface area contributed by atoms with E-state index >= 15 is 0 Å². The van der Waals surface area contributed by atoms with Crippen LogP contribution in [0.2, 0.25) is 0 Å². The molecule has 0 saturated carbocycles. The molecule has 0 bridgehead atoms. The minimum atomic E-state index is -0.591. The molecule has 0 spiro atoms. The third-order valence-corrected chi connectivity index (χ3v) is 11.8. The SMILES string of the molecule is C=C/C(=C\C=C/C)c1ccc(C(=O)c2nc(C(=O)c3ccc(-c4ccccc4)cc3)nc(/C(=C/C)c3nc(C(=O)c4ccc(-c5ccccc5)cc4)nc(C(=O)c4ccc(-c5ccccc5)cc4)n3)n2)cc1. The smallest absolute Gasteiger partial charge is 0.230 e. The molecule has 0 unspecified atom stereocenters. The van der Waals surface area contributed by atoms with Crippen LogP contribution in [-0.2, 0) is 0 Å². The quantitative estimate of drug-likeness (QED) is 0.0678. The van der Waals surface area contributed by atoms with Crippen LogP contribution in [0.3, 0.4) is 0 Å². The number of carbonyl (C=O) groups is 4. The molecule has 0 aliphatic rings. The summed E-state index contributed by atoms with van der Waals surface area (Å²) in [5.74, 6) is -3.92. The summed E-state index contributed by atoms with van der Waals surface area (Å²) in [4.78, 5) is 85.3. The zero-order valence-corrected chi connectivity index (χ0v) is 39.3. The van der Waals surface area contributed by atoms with Gasteiger partial charge in [0.15, 0.2) is 11.6 Å². The van der Waals surface area contributed by atoms with Crippen molar-refractivity contribution in [1.82, 2.24) is 29.9 Å². The van der Waals surface area contributed by atoms with Gasteiger partial charge < -0.3 is 0 Å². The van der Waals surface area contributed by atoms with Gasteiger partial charge in [0.25, 0.3) is 0 Å². The molecule has 0 atom stereocenters. The average Bonchev–Trinajstić information content (AvgIpc) is 3.45. The Hall–Kier alpha value is -9.80. The van der Waals surface area contributed by atoms with E-state index in [2.05, 4.69) is 36.5 Å². The Morgan fingerprint density at radius 2 is 0.611 bits per heavy atom. The van der Waals surface area contributed by atoms with Gasteiger partial charge in [0.1, 0.15) is 0 Å². The topological polar surface area (TPSA) is 146 Å². The second-order valence-electron chi connectivity index (χ2n) is 16.4. The van der Waals surface area contributed by atoms with E-state index in [1.165, 1.54) is 0 Å². The largest absolute Gasteiger partial charge is 0.285 e. The number of benzene rings is 7. The number of nitrogens with zero attached hydrogens (tertiary/aromatic N) is 6. The van der Waals surface area contributed by atoms with Crippen LogP contribution in [0.1, 0.15) is 95.8 Å². The first-order valence-corrected chi connectivity index (χ1v) is 23.1. The standard InChI is InChI=1S/C62H44N6O4/c1-4-7-17-40(5-2)44-24-32-48(33-25-44)53(69)59-63-57(64-60(67-59)54(70)49-34-26-45(27-35-49)41-18-11-8-12-19-41)52(6-3)58-65-61(55(71)50-36-28-46(29-37-50)42-20-13-9-14-21-42)68-62(66-58)56(72)51-38-30-47(31-39-51)43-22-15-10-16-23-43/h4-39H,2H2,1,3H3/b7-4-,40-17+,52-6-. The fourth-order valence-electron chi connectivity index (χ4n) is 7.90. The van der Waals surface area contributed by atoms with Crippen LogP contribution >= 0.6 is 0 Å². The molecular formula is C62H44N6O4. The van der Waals surface area contributed by atoms with Crippen molar-refractivity contribution in [2.45, 2.75) is 13.8 Å². The van der Waals surface area contributed by atoms with Crippen molar-refractivity contribution in [2.24, 2.45) is 0 Å². The van der Waals surface area contributed by atoms with Gasteiger partial charge in [-0.15, -0.1) is 0 Å². The number of ketones is 4. The Bertz CT molecular complexity index is 3460. The zero-order chi connectivity index (χ0) is 50.0. The van der Waals surface area contributed by atoms with Gasteiger partial charge in [0, 0.05) is 22.3 Å². The van der Waals surface area contributed by atoms with Gasteiger partial charge >= 0.3 is 0 Å². The minimum Gasteiger partial charge on any atom is -0.285 e. The lowest BCUT2D eigenvalue weighted by atomic mass is 10.0. The molecular weight excluding hydrogens is 893 g/mol. The molecule has 10 heteroatoms. The highest BCUT2D eigenvalue weighted by atomic mass is 16.1. The van der Waals surface area contributed by atoms with E-state index in [1.807, 2.05) is 153 Å². The molecule has 0 amide bonds. The maximum absolute atomic E-state index is 14.5. The van der Waals surface area contributed by atoms with Gasteiger partial charge in [-0.1, -0.05) is 225 Å². The zero-order valence-electron chi connectivity index (χ0n) is 39.3. The third kappa shape index (κ3) is 10.4. The van der Waals surface area contributed by atoms with E-state index < -0.39 is 23.1 Å². The summed E-state index contributed by atoms with van der Waals surface area (Å²) in [6.45, 7) is 7.51. The molecule has 2 aromatic heterocycles. The van der Waals surface area contributed by atoms with E-state index in [4.69, 9.17) is 0 Å². The van der Waals surface area contributed by atoms with Crippen LogP contribution in [0, 0.1) is 0 Å². The lowest BCUT2D eigenvalue weighted by molar-refractivity contribution is 0.100. The first-order chi connectivity index (χ1) is 35.2. The number of aromatic nitrogens is 6. The number of carbonyl (C=O) groups excluding carboxylic acids is 4. The molecule has 9 aromatic rings. The van der Waals surface area contributed by atoms with Gasteiger partial charge in [-0.3, -0.25) is 19.2 Å². The van der Waals surface area contributed by atoms with Crippen LogP contribution in [0.4, 0.5) is 0 Å². The van der Waals surface area contributed by atoms with E-state index in [-0.39, 0.29) is 62.8 Å². The van der Waals surface area contributed by atoms with Crippen molar-refractivity contribution < 1.29 is 19.2 Å². The van der Waals surface area contributed by atoms with E-state index in [9.17, 15) is 19.2 Å². The average molecular weight is 937 g/mol. The molecule has 2 heterocycles. The van der Waals surface area contributed by atoms with Crippen molar-refractivity contribution in [3.8, 4) is 33.4 Å². The summed E-state index contributed by atoms with van der Waals surface area (Å²) < 4.78 is 0. The Morgan fingerprint density at radius 1 is 0.347 bits per heavy atom. The van der Waals surface area contributed by atoms with E-state index in [0.717, 1.165) is 44.5 Å². The van der Waals surface area contributed by atoms with Crippen molar-refractivity contribution in [2.75, 3.05) is 0 Å². The minimum absolute atomic E-state index is 0.101. The number of rotatable bonds is 16. The molecule has 9 rings (SSSR count). The molecule has 7 aromatic carbocycles. The van der Waals surface area contributed by atoms with Crippen LogP contribution in [0.25, 0.3) is 44.5 Å². The van der Waals surface area contributed by atoms with Gasteiger partial charge in [-0.25, -0.2) is 29.9 Å². The second-order valence-corrected chi connectivity index (χ2v) is 16.4. The summed E-state index contributed by atoms with van der Waals surface area (Å²) >= 11 is 0. The lowest BCUT2D eigenvalue weighted by Gasteiger charge is -2.12. The molecule has 346 valence electrons. The number of hydrogen-bond donors (Lipinski definition) is 0. The Kier molecular flexibility index (Phi) is 14.2. The fourth-order valence-corrected chi connectivity index (χ4v) is 7.90. The predicted molar refractivity (Wildman–Crippen MR) is 281 cm³/mol. The fraction of sp³-hybridized carbons (Fsp3) is 0.0323. The lowest BCUT2D eigenvalue weighted by Crippen LogP contribution is -2.20. The molecule has 0 aliphatic heterocycles. The van der Waals surface area contributed by atoms with Crippen LogP contribution in [-0.4, -0.2) is 53.0 Å². The van der Waals surface area contributed by atoms with Crippen LogP contribution in [0.5, 0.6) is 0 Å². The van der Waals surface area contributed by atoms with Crippen LogP contribution in [0.15, 0.2) is 225 Å². The van der Waals surface area contributed by atoms with Crippen LogP contribution < -0.4 is 0 Å². The highest BCUT2D eigenvalue weighted by Gasteiger charge is 2.27. The van der Waals surface area contributed by atoms with Gasteiger partial charge in [0.2, 0.25) is 46.4 Å². The number of hydrogen-bond acceptors (Lipinski definition) is 10. The Morgan fingerprint density at radius 3 is 0.889 bits per heavy atom. The van der Waals surface area contributed by atoms with E-state index in [1.54, 1.807) is 79.7 Å². The van der Waals surface area contributed by atoms with Crippen molar-refractivity contribution in [3.63, 3.8) is 0 Å². The molecule has 0 radical (unpaired) electrons. The highest BCUT2D eigenvalue weighted by Crippen LogP contribution is 2.26. The van der Waals surface area contributed by atoms with Gasteiger partial charge in [0.05, 0.1) is 5.57 Å². The van der Waals surface area contributed by atoms with Crippen molar-refractivity contribution in [3.05, 3.63) is 288 Å². The maximum Gasteiger partial charge on any atom is 0.230 e. The summed E-state index contributed by atoms with van der Waals surface area (Å²) in [6.07, 6.45) is 9.01.